The van der Waals surface area contributed by atoms with Crippen molar-refractivity contribution in [3.63, 3.8) is 0 Å². The molecule has 1 aromatic heterocycles. The molecule has 0 bridgehead atoms. The Morgan fingerprint density at radius 2 is 2.00 bits per heavy atom. The third-order valence-electron chi connectivity index (χ3n) is 5.25. The number of non-ortho nitro benzene ring substituents is 1. The molecule has 1 atom stereocenters. The molecule has 0 radical (unpaired) electrons. The van der Waals surface area contributed by atoms with Crippen molar-refractivity contribution in [2.24, 2.45) is 5.92 Å². The van der Waals surface area contributed by atoms with E-state index in [1.165, 1.54) is 34.4 Å². The molecule has 1 saturated heterocycles. The van der Waals surface area contributed by atoms with Crippen molar-refractivity contribution >= 4 is 39.8 Å². The number of aromatic nitrogens is 1. The van der Waals surface area contributed by atoms with Crippen molar-refractivity contribution in [2.45, 2.75) is 13.3 Å². The highest BCUT2D eigenvalue weighted by atomic mass is 32.1. The third-order valence-corrected chi connectivity index (χ3v) is 6.12. The van der Waals surface area contributed by atoms with Crippen LogP contribution in [-0.4, -0.2) is 40.7 Å². The van der Waals surface area contributed by atoms with Gasteiger partial charge in [0.1, 0.15) is 0 Å². The highest BCUT2D eigenvalue weighted by Crippen LogP contribution is 2.32. The Morgan fingerprint density at radius 3 is 2.73 bits per heavy atom. The van der Waals surface area contributed by atoms with Crippen molar-refractivity contribution in [3.05, 3.63) is 75.2 Å². The fraction of sp³-hybridized carbons (Fsp3) is 0.217. The van der Waals surface area contributed by atoms with E-state index in [0.29, 0.717) is 5.13 Å². The number of rotatable bonds is 7. The molecule has 1 fully saturated rings. The smallest absolute Gasteiger partial charge is 0.311 e. The number of nitro benzene ring substituents is 1. The second kappa shape index (κ2) is 9.29. The lowest BCUT2D eigenvalue weighted by molar-refractivity contribution is -0.384. The average Bonchev–Trinajstić information content (AvgIpc) is 3.44. The molecule has 0 saturated carbocycles. The number of ketones is 1. The Kier molecular flexibility index (Phi) is 6.27. The van der Waals surface area contributed by atoms with E-state index < -0.39 is 29.2 Å². The van der Waals surface area contributed by atoms with Gasteiger partial charge in [0.25, 0.3) is 5.69 Å². The van der Waals surface area contributed by atoms with Gasteiger partial charge in [0, 0.05) is 41.6 Å². The summed E-state index contributed by atoms with van der Waals surface area (Å²) in [6.45, 7) is 1.55. The summed E-state index contributed by atoms with van der Waals surface area (Å²) in [6, 6.07) is 13.1. The van der Waals surface area contributed by atoms with Crippen LogP contribution in [0.1, 0.15) is 22.3 Å². The van der Waals surface area contributed by atoms with Gasteiger partial charge in [0.2, 0.25) is 11.7 Å². The van der Waals surface area contributed by atoms with Gasteiger partial charge >= 0.3 is 5.97 Å². The average molecular weight is 465 g/mol. The van der Waals surface area contributed by atoms with Crippen LogP contribution in [0.3, 0.4) is 0 Å². The molecule has 1 amide bonds. The van der Waals surface area contributed by atoms with Gasteiger partial charge < -0.3 is 4.74 Å². The number of benzene rings is 2. The van der Waals surface area contributed by atoms with Crippen LogP contribution in [0.4, 0.5) is 10.8 Å². The Labute approximate surface area is 192 Å². The summed E-state index contributed by atoms with van der Waals surface area (Å²) in [5, 5.41) is 13.2. The molecule has 9 nitrogen and oxygen atoms in total. The number of carbonyl (C=O) groups excluding carboxylic acids is 3. The van der Waals surface area contributed by atoms with Gasteiger partial charge in [-0.15, -0.1) is 11.3 Å². The molecule has 1 aliphatic rings. The van der Waals surface area contributed by atoms with Crippen molar-refractivity contribution < 1.29 is 24.0 Å². The number of hydrogen-bond donors (Lipinski definition) is 0. The predicted molar refractivity (Wildman–Crippen MR) is 121 cm³/mol. The lowest BCUT2D eigenvalue weighted by Crippen LogP contribution is -2.27. The van der Waals surface area contributed by atoms with Crippen LogP contribution in [0.2, 0.25) is 0 Å². The highest BCUT2D eigenvalue weighted by Gasteiger charge is 2.37. The number of anilines is 1. The lowest BCUT2D eigenvalue weighted by atomic mass is 10.1. The zero-order valence-electron chi connectivity index (χ0n) is 17.6. The van der Waals surface area contributed by atoms with Crippen LogP contribution in [0.5, 0.6) is 0 Å². The number of hydrogen-bond acceptors (Lipinski definition) is 8. The molecule has 0 N–H and O–H groups in total. The molecule has 33 heavy (non-hydrogen) atoms. The van der Waals surface area contributed by atoms with E-state index in [1.54, 1.807) is 0 Å². The van der Waals surface area contributed by atoms with Crippen molar-refractivity contribution in [2.75, 3.05) is 18.1 Å². The summed E-state index contributed by atoms with van der Waals surface area (Å²) in [7, 11) is 0. The first-order chi connectivity index (χ1) is 15.8. The summed E-state index contributed by atoms with van der Waals surface area (Å²) >= 11 is 1.32. The van der Waals surface area contributed by atoms with Gasteiger partial charge in [0.05, 0.1) is 16.5 Å². The van der Waals surface area contributed by atoms with Gasteiger partial charge in [-0.05, 0) is 6.92 Å². The van der Waals surface area contributed by atoms with Crippen LogP contribution in [-0.2, 0) is 14.3 Å². The monoisotopic (exact) mass is 465 g/mol. The Bertz CT molecular complexity index is 1240. The van der Waals surface area contributed by atoms with E-state index in [9.17, 15) is 24.5 Å². The second-order valence-corrected chi connectivity index (χ2v) is 8.46. The van der Waals surface area contributed by atoms with Crippen LogP contribution < -0.4 is 4.90 Å². The summed E-state index contributed by atoms with van der Waals surface area (Å²) < 4.78 is 5.11. The van der Waals surface area contributed by atoms with Crippen LogP contribution >= 0.6 is 11.3 Å². The van der Waals surface area contributed by atoms with Crippen LogP contribution in [0.15, 0.2) is 53.9 Å². The van der Waals surface area contributed by atoms with Crippen LogP contribution in [0.25, 0.3) is 11.3 Å². The molecule has 0 unspecified atom stereocenters. The number of amides is 1. The number of esters is 1. The summed E-state index contributed by atoms with van der Waals surface area (Å²) in [5.41, 5.74) is 2.67. The van der Waals surface area contributed by atoms with Gasteiger partial charge in [-0.25, -0.2) is 4.98 Å². The van der Waals surface area contributed by atoms with Gasteiger partial charge in [-0.1, -0.05) is 42.0 Å². The maximum absolute atomic E-state index is 12.5. The Morgan fingerprint density at radius 1 is 1.24 bits per heavy atom. The SMILES string of the molecule is Cc1ccc(-c2csc(N3C[C@@H](C(=O)OCC(=O)c4cccc([N+](=O)[O-])c4)CC3=O)n2)cc1. The standard InChI is InChI=1S/C23H19N3O6S/c1-14-5-7-15(8-6-14)19-13-33-23(24-19)25-11-17(10-21(25)28)22(29)32-12-20(27)16-3-2-4-18(9-16)26(30)31/h2-9,13,17H,10-12H2,1H3/t17-/m0/s1. The van der Waals surface area contributed by atoms with Gasteiger partial charge in [-0.3, -0.25) is 29.4 Å². The molecule has 1 aliphatic heterocycles. The molecule has 3 aromatic rings. The van der Waals surface area contributed by atoms with E-state index in [-0.39, 0.29) is 30.1 Å². The van der Waals surface area contributed by atoms with E-state index >= 15 is 0 Å². The normalized spacial score (nSPS) is 15.5. The molecule has 0 aliphatic carbocycles. The largest absolute Gasteiger partial charge is 0.457 e. The maximum Gasteiger partial charge on any atom is 0.311 e. The first-order valence-corrected chi connectivity index (χ1v) is 11.0. The number of Topliss-reactive ketones (excluding diaryl/α,β-unsaturated/α-hetero) is 1. The number of ether oxygens (including phenoxy) is 1. The van der Waals surface area contributed by atoms with Crippen molar-refractivity contribution in [1.29, 1.82) is 0 Å². The van der Waals surface area contributed by atoms with E-state index in [0.717, 1.165) is 22.9 Å². The third kappa shape index (κ3) is 4.96. The quantitative estimate of drug-likeness (QED) is 0.225. The Balaban J connectivity index is 1.36. The van der Waals surface area contributed by atoms with Gasteiger partial charge in [0.15, 0.2) is 11.7 Å². The fourth-order valence-corrected chi connectivity index (χ4v) is 4.29. The zero-order chi connectivity index (χ0) is 23.5. The van der Waals surface area contributed by atoms with Crippen molar-refractivity contribution in [1.82, 2.24) is 4.98 Å². The topological polar surface area (TPSA) is 120 Å². The molecule has 10 heteroatoms. The minimum absolute atomic E-state index is 0.0384. The number of nitrogens with zero attached hydrogens (tertiary/aromatic N) is 3. The zero-order valence-corrected chi connectivity index (χ0v) is 18.4. The first-order valence-electron chi connectivity index (χ1n) is 10.1. The fourth-order valence-electron chi connectivity index (χ4n) is 3.43. The highest BCUT2D eigenvalue weighted by molar-refractivity contribution is 7.14. The molecule has 2 aromatic carbocycles. The number of aryl methyl sites for hydroxylation is 1. The van der Waals surface area contributed by atoms with E-state index in [2.05, 4.69) is 4.98 Å². The number of carbonyl (C=O) groups is 3. The van der Waals surface area contributed by atoms with E-state index in [1.807, 2.05) is 36.6 Å². The minimum Gasteiger partial charge on any atom is -0.457 e. The molecule has 0 spiro atoms. The predicted octanol–water partition coefficient (Wildman–Crippen LogP) is 3.81. The Hall–Kier alpha value is -3.92. The molecule has 4 rings (SSSR count). The van der Waals surface area contributed by atoms with Crippen molar-refractivity contribution in [3.8, 4) is 11.3 Å². The molecule has 2 heterocycles. The van der Waals surface area contributed by atoms with Gasteiger partial charge in [-0.2, -0.15) is 0 Å². The number of thiazole rings is 1. The summed E-state index contributed by atoms with van der Waals surface area (Å²) in [5.74, 6) is -2.19. The first kappa shape index (κ1) is 22.3. The van der Waals surface area contributed by atoms with E-state index in [4.69, 9.17) is 4.74 Å². The minimum atomic E-state index is -0.720. The maximum atomic E-state index is 12.5. The number of nitro groups is 1. The second-order valence-electron chi connectivity index (χ2n) is 7.63. The molecular weight excluding hydrogens is 446 g/mol. The summed E-state index contributed by atoms with van der Waals surface area (Å²) in [6.07, 6.45) is -0.0384. The summed E-state index contributed by atoms with van der Waals surface area (Å²) in [4.78, 5) is 53.5. The molecular formula is C23H19N3O6S. The molecule has 168 valence electrons. The lowest BCUT2D eigenvalue weighted by Gasteiger charge is -2.12. The van der Waals surface area contributed by atoms with Crippen LogP contribution in [0, 0.1) is 23.0 Å².